The molecule has 2 heterocycles. The van der Waals surface area contributed by atoms with Crippen molar-refractivity contribution in [2.75, 3.05) is 13.2 Å². The van der Waals surface area contributed by atoms with Crippen molar-refractivity contribution >= 4 is 38.8 Å². The molecule has 1 aromatic heterocycles. The summed E-state index contributed by atoms with van der Waals surface area (Å²) in [4.78, 5) is 21.8. The lowest BCUT2D eigenvalue weighted by Crippen LogP contribution is -2.14. The van der Waals surface area contributed by atoms with Crippen LogP contribution in [-0.4, -0.2) is 24.8 Å². The molecule has 1 aliphatic heterocycles. The van der Waals surface area contributed by atoms with Crippen LogP contribution in [0.5, 0.6) is 0 Å². The zero-order chi connectivity index (χ0) is 12.0. The number of Topliss-reactive ketones (excluding diaryl/α,β-unsaturated/α-hetero) is 2. The Morgan fingerprint density at radius 2 is 2.06 bits per heavy atom. The van der Waals surface area contributed by atoms with E-state index in [1.54, 1.807) is 6.92 Å². The number of halogens is 1. The van der Waals surface area contributed by atoms with Gasteiger partial charge in [-0.25, -0.2) is 0 Å². The van der Waals surface area contributed by atoms with Gasteiger partial charge in [0, 0.05) is 22.7 Å². The first-order chi connectivity index (χ1) is 7.59. The van der Waals surface area contributed by atoms with Gasteiger partial charge in [-0.1, -0.05) is 0 Å². The predicted molar refractivity (Wildman–Crippen MR) is 67.1 cm³/mol. The van der Waals surface area contributed by atoms with Gasteiger partial charge in [0.25, 0.3) is 0 Å². The van der Waals surface area contributed by atoms with Gasteiger partial charge < -0.3 is 4.74 Å². The summed E-state index contributed by atoms with van der Waals surface area (Å²) in [6.07, 6.45) is 1.25. The van der Waals surface area contributed by atoms with Gasteiger partial charge >= 0.3 is 0 Å². The molecule has 5 heteroatoms. The van der Waals surface area contributed by atoms with Crippen LogP contribution in [-0.2, 0) is 9.53 Å². The van der Waals surface area contributed by atoms with Gasteiger partial charge in [-0.3, -0.25) is 9.59 Å². The topological polar surface area (TPSA) is 43.4 Å². The number of hydrogen-bond acceptors (Lipinski definition) is 4. The van der Waals surface area contributed by atoms with Crippen molar-refractivity contribution in [2.24, 2.45) is 0 Å². The average molecular weight is 305 g/mol. The lowest BCUT2D eigenvalue weighted by Gasteiger charge is -2.07. The fraction of sp³-hybridized carbons (Fsp3) is 0.455. The quantitative estimate of drug-likeness (QED) is 0.749. The number of carbonyl (C=O) groups is 2. The first-order valence-electron chi connectivity index (χ1n) is 4.94. The Kier molecular flexibility index (Phi) is 5.87. The minimum Gasteiger partial charge on any atom is -0.381 e. The summed E-state index contributed by atoms with van der Waals surface area (Å²) < 4.78 is 5.90. The van der Waals surface area contributed by atoms with Gasteiger partial charge in [-0.2, -0.15) is 0 Å². The van der Waals surface area contributed by atoms with Crippen LogP contribution in [0.3, 0.4) is 0 Å². The number of thiophene rings is 1. The van der Waals surface area contributed by atoms with E-state index >= 15 is 0 Å². The van der Waals surface area contributed by atoms with Crippen LogP contribution >= 0.6 is 27.3 Å². The summed E-state index contributed by atoms with van der Waals surface area (Å²) in [7, 11) is 0. The highest BCUT2D eigenvalue weighted by atomic mass is 79.9. The van der Waals surface area contributed by atoms with E-state index in [4.69, 9.17) is 4.74 Å². The molecule has 0 aromatic carbocycles. The number of hydrogen-bond donors (Lipinski definition) is 0. The molecule has 0 amide bonds. The third-order valence-corrected chi connectivity index (χ3v) is 3.76. The first kappa shape index (κ1) is 13.5. The lowest BCUT2D eigenvalue weighted by atomic mass is 10.2. The summed E-state index contributed by atoms with van der Waals surface area (Å²) in [6.45, 7) is 2.84. The molecule has 2 rings (SSSR count). The van der Waals surface area contributed by atoms with Crippen molar-refractivity contribution < 1.29 is 14.3 Å². The van der Waals surface area contributed by atoms with E-state index in [2.05, 4.69) is 15.9 Å². The van der Waals surface area contributed by atoms with Crippen LogP contribution in [0.4, 0.5) is 0 Å². The molecule has 0 bridgehead atoms. The maximum absolute atomic E-state index is 10.6. The summed E-state index contributed by atoms with van der Waals surface area (Å²) in [5, 5.41) is 1.90. The zero-order valence-corrected chi connectivity index (χ0v) is 11.4. The molecule has 0 saturated carbocycles. The second kappa shape index (κ2) is 6.93. The Morgan fingerprint density at radius 3 is 2.31 bits per heavy atom. The Labute approximate surface area is 107 Å². The molecule has 1 aromatic rings. The third-order valence-electron chi connectivity index (χ3n) is 1.96. The van der Waals surface area contributed by atoms with Crippen LogP contribution in [0.2, 0.25) is 0 Å². The van der Waals surface area contributed by atoms with E-state index < -0.39 is 0 Å². The second-order valence-corrected chi connectivity index (χ2v) is 5.16. The maximum Gasteiger partial charge on any atom is 0.169 e. The normalized spacial score (nSPS) is 15.2. The second-order valence-electron chi connectivity index (χ2n) is 3.34. The SMILES string of the molecule is CC(=O)c1cc(Br)cs1.O=C1CCOCC1. The van der Waals surface area contributed by atoms with Crippen molar-refractivity contribution in [2.45, 2.75) is 19.8 Å². The number of rotatable bonds is 1. The molecule has 1 fully saturated rings. The fourth-order valence-electron chi connectivity index (χ4n) is 1.10. The van der Waals surface area contributed by atoms with Crippen molar-refractivity contribution in [3.8, 4) is 0 Å². The molecule has 0 unspecified atom stereocenters. The molecule has 88 valence electrons. The van der Waals surface area contributed by atoms with Crippen molar-refractivity contribution in [3.05, 3.63) is 20.8 Å². The highest BCUT2D eigenvalue weighted by Crippen LogP contribution is 2.19. The largest absolute Gasteiger partial charge is 0.381 e. The summed E-state index contributed by atoms with van der Waals surface area (Å²) in [6, 6.07) is 1.83. The summed E-state index contributed by atoms with van der Waals surface area (Å²) in [5.41, 5.74) is 0. The van der Waals surface area contributed by atoms with Crippen molar-refractivity contribution in [3.63, 3.8) is 0 Å². The van der Waals surface area contributed by atoms with Gasteiger partial charge in [0.1, 0.15) is 5.78 Å². The highest BCUT2D eigenvalue weighted by Gasteiger charge is 2.06. The number of ketones is 2. The van der Waals surface area contributed by atoms with Crippen LogP contribution in [0.25, 0.3) is 0 Å². The third kappa shape index (κ3) is 5.01. The van der Waals surface area contributed by atoms with E-state index in [0.29, 0.717) is 31.8 Å². The Hall–Kier alpha value is -0.520. The van der Waals surface area contributed by atoms with E-state index in [1.165, 1.54) is 11.3 Å². The fourth-order valence-corrected chi connectivity index (χ4v) is 2.43. The van der Waals surface area contributed by atoms with Crippen LogP contribution < -0.4 is 0 Å². The minimum absolute atomic E-state index is 0.130. The van der Waals surface area contributed by atoms with Gasteiger partial charge in [0.2, 0.25) is 0 Å². The van der Waals surface area contributed by atoms with Gasteiger partial charge in [-0.05, 0) is 28.9 Å². The van der Waals surface area contributed by atoms with Crippen molar-refractivity contribution in [1.29, 1.82) is 0 Å². The Morgan fingerprint density at radius 1 is 1.44 bits per heavy atom. The molecule has 1 aliphatic rings. The molecule has 1 saturated heterocycles. The van der Waals surface area contributed by atoms with Crippen LogP contribution in [0.15, 0.2) is 15.9 Å². The zero-order valence-electron chi connectivity index (χ0n) is 8.99. The van der Waals surface area contributed by atoms with E-state index in [0.717, 1.165) is 9.35 Å². The number of carbonyl (C=O) groups excluding carboxylic acids is 2. The molecule has 0 spiro atoms. The first-order valence-corrected chi connectivity index (χ1v) is 6.61. The van der Waals surface area contributed by atoms with Crippen LogP contribution in [0, 0.1) is 0 Å². The molecular weight excluding hydrogens is 292 g/mol. The summed E-state index contributed by atoms with van der Waals surface area (Å²) >= 11 is 4.72. The van der Waals surface area contributed by atoms with Gasteiger partial charge in [-0.15, -0.1) is 11.3 Å². The smallest absolute Gasteiger partial charge is 0.169 e. The van der Waals surface area contributed by atoms with E-state index in [1.807, 2.05) is 11.4 Å². The van der Waals surface area contributed by atoms with Crippen LogP contribution in [0.1, 0.15) is 29.4 Å². The Balaban J connectivity index is 0.000000165. The lowest BCUT2D eigenvalue weighted by molar-refractivity contribution is -0.124. The molecule has 16 heavy (non-hydrogen) atoms. The standard InChI is InChI=1S/C6H5BrOS.C5H8O2/c1-4(8)6-2-5(7)3-9-6;6-5-1-3-7-4-2-5/h2-3H,1H3;1-4H2. The average Bonchev–Trinajstić information content (AvgIpc) is 2.67. The Bertz CT molecular complexity index is 365. The molecule has 0 atom stereocenters. The molecule has 0 N–H and O–H groups in total. The van der Waals surface area contributed by atoms with E-state index in [9.17, 15) is 9.59 Å². The summed E-state index contributed by atoms with van der Waals surface area (Å²) in [5.74, 6) is 0.469. The minimum atomic E-state index is 0.130. The molecule has 0 radical (unpaired) electrons. The van der Waals surface area contributed by atoms with Gasteiger partial charge in [0.15, 0.2) is 5.78 Å². The highest BCUT2D eigenvalue weighted by molar-refractivity contribution is 9.10. The van der Waals surface area contributed by atoms with E-state index in [-0.39, 0.29) is 5.78 Å². The van der Waals surface area contributed by atoms with Crippen molar-refractivity contribution in [1.82, 2.24) is 0 Å². The van der Waals surface area contributed by atoms with Gasteiger partial charge in [0.05, 0.1) is 18.1 Å². The predicted octanol–water partition coefficient (Wildman–Crippen LogP) is 3.08. The monoisotopic (exact) mass is 304 g/mol. The number of ether oxygens (including phenoxy) is 1. The molecule has 3 nitrogen and oxygen atoms in total. The molecular formula is C11H13BrO3S. The maximum atomic E-state index is 10.6. The molecule has 0 aliphatic carbocycles.